The number of terminal acetylenes is 1. The quantitative estimate of drug-likeness (QED) is 0.617. The van der Waals surface area contributed by atoms with Crippen molar-refractivity contribution in [2.24, 2.45) is 0 Å². The maximum Gasteiger partial charge on any atom is 0.334 e. The average Bonchev–Trinajstić information content (AvgIpc) is 2.09. The van der Waals surface area contributed by atoms with Crippen molar-refractivity contribution in [1.29, 1.82) is 0 Å². The summed E-state index contributed by atoms with van der Waals surface area (Å²) in [5, 5.41) is -0.634. The standard InChI is InChI=1S/C9H4ClF3/c1-2-9(12,13)6-4-3-5-7(11)8(6)10/h1,3-5H. The highest BCUT2D eigenvalue weighted by Crippen LogP contribution is 2.33. The van der Waals surface area contributed by atoms with Gasteiger partial charge in [-0.3, -0.25) is 0 Å². The van der Waals surface area contributed by atoms with Crippen molar-refractivity contribution in [3.8, 4) is 12.3 Å². The second-order valence-corrected chi connectivity index (χ2v) is 2.70. The van der Waals surface area contributed by atoms with E-state index in [1.54, 1.807) is 0 Å². The predicted molar refractivity (Wildman–Crippen MR) is 44.1 cm³/mol. The zero-order valence-corrected chi connectivity index (χ0v) is 7.08. The first-order valence-corrected chi connectivity index (χ1v) is 3.67. The topological polar surface area (TPSA) is 0 Å². The first-order valence-electron chi connectivity index (χ1n) is 3.29. The van der Waals surface area contributed by atoms with Gasteiger partial charge in [-0.1, -0.05) is 23.7 Å². The highest BCUT2D eigenvalue weighted by atomic mass is 35.5. The molecule has 0 N–H and O–H groups in total. The van der Waals surface area contributed by atoms with E-state index in [1.807, 2.05) is 0 Å². The van der Waals surface area contributed by atoms with Gasteiger partial charge in [0.05, 0.1) is 10.6 Å². The fraction of sp³-hybridized carbons (Fsp3) is 0.111. The van der Waals surface area contributed by atoms with E-state index in [2.05, 4.69) is 6.42 Å². The van der Waals surface area contributed by atoms with Gasteiger partial charge in [0.15, 0.2) is 0 Å². The van der Waals surface area contributed by atoms with Crippen molar-refractivity contribution >= 4 is 11.6 Å². The van der Waals surface area contributed by atoms with Crippen LogP contribution in [-0.4, -0.2) is 0 Å². The monoisotopic (exact) mass is 204 g/mol. The van der Waals surface area contributed by atoms with Crippen LogP contribution in [0.3, 0.4) is 0 Å². The molecule has 0 saturated carbocycles. The Hall–Kier alpha value is -1.14. The van der Waals surface area contributed by atoms with Crippen LogP contribution in [0.25, 0.3) is 0 Å². The van der Waals surface area contributed by atoms with Gasteiger partial charge in [-0.15, -0.1) is 6.42 Å². The lowest BCUT2D eigenvalue weighted by molar-refractivity contribution is 0.0638. The first kappa shape index (κ1) is 9.94. The molecule has 0 aliphatic rings. The third-order valence-electron chi connectivity index (χ3n) is 1.47. The molecule has 13 heavy (non-hydrogen) atoms. The third-order valence-corrected chi connectivity index (χ3v) is 1.86. The van der Waals surface area contributed by atoms with E-state index in [-0.39, 0.29) is 0 Å². The van der Waals surface area contributed by atoms with Crippen molar-refractivity contribution in [3.05, 3.63) is 34.6 Å². The lowest BCUT2D eigenvalue weighted by Gasteiger charge is -2.11. The van der Waals surface area contributed by atoms with Crippen molar-refractivity contribution in [2.75, 3.05) is 0 Å². The van der Waals surface area contributed by atoms with Crippen molar-refractivity contribution in [2.45, 2.75) is 5.92 Å². The van der Waals surface area contributed by atoms with Crippen LogP contribution >= 0.6 is 11.6 Å². The maximum absolute atomic E-state index is 12.8. The second kappa shape index (κ2) is 3.31. The summed E-state index contributed by atoms with van der Waals surface area (Å²) in [7, 11) is 0. The molecule has 0 aliphatic carbocycles. The number of alkyl halides is 2. The van der Waals surface area contributed by atoms with E-state index in [1.165, 1.54) is 5.92 Å². The number of halogens is 4. The third kappa shape index (κ3) is 1.78. The van der Waals surface area contributed by atoms with Crippen LogP contribution in [0.15, 0.2) is 18.2 Å². The molecule has 0 fully saturated rings. The molecule has 1 aromatic rings. The summed E-state index contributed by atoms with van der Waals surface area (Å²) >= 11 is 5.31. The highest BCUT2D eigenvalue weighted by molar-refractivity contribution is 6.31. The van der Waals surface area contributed by atoms with Gasteiger partial charge in [-0.25, -0.2) is 4.39 Å². The van der Waals surface area contributed by atoms with Gasteiger partial charge in [0.25, 0.3) is 0 Å². The molecule has 1 rings (SSSR count). The van der Waals surface area contributed by atoms with Crippen LogP contribution in [0.1, 0.15) is 5.56 Å². The minimum absolute atomic E-state index is 0.634. The van der Waals surface area contributed by atoms with Crippen LogP contribution in [0.4, 0.5) is 13.2 Å². The molecule has 0 atom stereocenters. The average molecular weight is 205 g/mol. The molecule has 4 heteroatoms. The summed E-state index contributed by atoms with van der Waals surface area (Å²) in [5.74, 6) is -3.20. The van der Waals surface area contributed by atoms with E-state index in [0.29, 0.717) is 0 Å². The Kier molecular flexibility index (Phi) is 2.53. The summed E-state index contributed by atoms with van der Waals surface area (Å²) in [6, 6.07) is 3.10. The number of hydrogen-bond donors (Lipinski definition) is 0. The highest BCUT2D eigenvalue weighted by Gasteiger charge is 2.31. The van der Waals surface area contributed by atoms with Crippen LogP contribution < -0.4 is 0 Å². The number of benzene rings is 1. The Morgan fingerprint density at radius 3 is 2.54 bits per heavy atom. The molecule has 0 bridgehead atoms. The Bertz CT molecular complexity index is 366. The van der Waals surface area contributed by atoms with Gasteiger partial charge >= 0.3 is 5.92 Å². The zero-order valence-electron chi connectivity index (χ0n) is 6.32. The van der Waals surface area contributed by atoms with E-state index in [0.717, 1.165) is 18.2 Å². The largest absolute Gasteiger partial charge is 0.334 e. The fourth-order valence-electron chi connectivity index (χ4n) is 0.824. The molecule has 1 aromatic carbocycles. The van der Waals surface area contributed by atoms with Gasteiger partial charge in [0.1, 0.15) is 5.82 Å². The van der Waals surface area contributed by atoms with Crippen molar-refractivity contribution in [1.82, 2.24) is 0 Å². The lowest BCUT2D eigenvalue weighted by Crippen LogP contribution is -2.11. The number of rotatable bonds is 1. The van der Waals surface area contributed by atoms with Crippen LogP contribution in [0, 0.1) is 18.2 Å². The van der Waals surface area contributed by atoms with E-state index < -0.39 is 22.3 Å². The summed E-state index contributed by atoms with van der Waals surface area (Å²) in [5.41, 5.74) is -0.684. The molecule has 0 amide bonds. The molecular weight excluding hydrogens is 201 g/mol. The van der Waals surface area contributed by atoms with Crippen LogP contribution in [0.5, 0.6) is 0 Å². The summed E-state index contributed by atoms with van der Waals surface area (Å²) in [6.45, 7) is 0. The van der Waals surface area contributed by atoms with Crippen molar-refractivity contribution in [3.63, 3.8) is 0 Å². The number of hydrogen-bond acceptors (Lipinski definition) is 0. The molecule has 0 aliphatic heterocycles. The Labute approximate surface area is 78.3 Å². The second-order valence-electron chi connectivity index (χ2n) is 2.32. The van der Waals surface area contributed by atoms with E-state index in [4.69, 9.17) is 11.6 Å². The van der Waals surface area contributed by atoms with Crippen molar-refractivity contribution < 1.29 is 13.2 Å². The molecule has 0 heterocycles. The van der Waals surface area contributed by atoms with E-state index in [9.17, 15) is 13.2 Å². The Morgan fingerprint density at radius 2 is 2.00 bits per heavy atom. The summed E-state index contributed by atoms with van der Waals surface area (Å²) < 4.78 is 38.4. The SMILES string of the molecule is C#CC(F)(F)c1cccc(F)c1Cl. The summed E-state index contributed by atoms with van der Waals surface area (Å²) in [4.78, 5) is 0. The van der Waals surface area contributed by atoms with Gasteiger partial charge in [0.2, 0.25) is 0 Å². The van der Waals surface area contributed by atoms with Gasteiger partial charge in [-0.05, 0) is 12.0 Å². The molecule has 0 saturated heterocycles. The molecule has 0 aromatic heterocycles. The van der Waals surface area contributed by atoms with E-state index >= 15 is 0 Å². The molecule has 0 nitrogen and oxygen atoms in total. The molecular formula is C9H4ClF3. The Balaban J connectivity index is 3.33. The molecule has 68 valence electrons. The Morgan fingerprint density at radius 1 is 1.38 bits per heavy atom. The normalized spacial score (nSPS) is 11.0. The van der Waals surface area contributed by atoms with Gasteiger partial charge in [-0.2, -0.15) is 8.78 Å². The smallest absolute Gasteiger partial charge is 0.205 e. The minimum Gasteiger partial charge on any atom is -0.205 e. The minimum atomic E-state index is -3.53. The molecule has 0 radical (unpaired) electrons. The zero-order chi connectivity index (χ0) is 10.1. The summed E-state index contributed by atoms with van der Waals surface area (Å²) in [6.07, 6.45) is 4.58. The van der Waals surface area contributed by atoms with Gasteiger partial charge in [0, 0.05) is 0 Å². The van der Waals surface area contributed by atoms with Crippen LogP contribution in [-0.2, 0) is 5.92 Å². The fourth-order valence-corrected chi connectivity index (χ4v) is 1.07. The maximum atomic E-state index is 12.8. The lowest BCUT2D eigenvalue weighted by atomic mass is 10.1. The first-order chi connectivity index (χ1) is 5.99. The predicted octanol–water partition coefficient (Wildman–Crippen LogP) is 3.20. The van der Waals surface area contributed by atoms with Crippen LogP contribution in [0.2, 0.25) is 5.02 Å². The molecule has 0 spiro atoms. The molecule has 0 unspecified atom stereocenters. The van der Waals surface area contributed by atoms with Gasteiger partial charge < -0.3 is 0 Å².